The molecule has 5 heteroatoms. The number of amides is 1. The number of carbonyl (C=O) groups is 1. The number of H-pyrrole nitrogens is 1. The number of phenols is 2. The zero-order chi connectivity index (χ0) is 15.5. The summed E-state index contributed by atoms with van der Waals surface area (Å²) in [5.41, 5.74) is 2.25. The molecule has 0 aliphatic rings. The first-order valence-corrected chi connectivity index (χ1v) is 7.00. The highest BCUT2D eigenvalue weighted by atomic mass is 16.3. The number of carbonyl (C=O) groups excluding carboxylic acids is 1. The summed E-state index contributed by atoms with van der Waals surface area (Å²) < 4.78 is 0. The molecule has 0 saturated heterocycles. The van der Waals surface area contributed by atoms with E-state index in [0.717, 1.165) is 16.5 Å². The van der Waals surface area contributed by atoms with Gasteiger partial charge >= 0.3 is 0 Å². The Morgan fingerprint density at radius 1 is 1.14 bits per heavy atom. The van der Waals surface area contributed by atoms with Gasteiger partial charge in [0.05, 0.1) is 5.56 Å². The molecule has 1 amide bonds. The number of benzene rings is 2. The number of nitrogens with one attached hydrogen (secondary N) is 2. The van der Waals surface area contributed by atoms with E-state index in [1.807, 2.05) is 30.5 Å². The van der Waals surface area contributed by atoms with Crippen molar-refractivity contribution in [2.45, 2.75) is 6.42 Å². The van der Waals surface area contributed by atoms with Gasteiger partial charge in [0, 0.05) is 23.6 Å². The lowest BCUT2D eigenvalue weighted by molar-refractivity contribution is 0.0951. The number of para-hydroxylation sites is 1. The zero-order valence-electron chi connectivity index (χ0n) is 11.8. The molecule has 4 N–H and O–H groups in total. The summed E-state index contributed by atoms with van der Waals surface area (Å²) in [6.07, 6.45) is 2.61. The largest absolute Gasteiger partial charge is 0.508 e. The van der Waals surface area contributed by atoms with Crippen molar-refractivity contribution in [1.82, 2.24) is 10.3 Å². The Morgan fingerprint density at radius 3 is 2.82 bits per heavy atom. The van der Waals surface area contributed by atoms with E-state index in [2.05, 4.69) is 10.3 Å². The van der Waals surface area contributed by atoms with Crippen LogP contribution in [0.1, 0.15) is 15.9 Å². The van der Waals surface area contributed by atoms with Crippen molar-refractivity contribution >= 4 is 16.8 Å². The van der Waals surface area contributed by atoms with E-state index in [1.165, 1.54) is 18.2 Å². The summed E-state index contributed by atoms with van der Waals surface area (Å²) in [7, 11) is 0. The highest BCUT2D eigenvalue weighted by Gasteiger charge is 2.12. The van der Waals surface area contributed by atoms with Crippen LogP contribution in [0.25, 0.3) is 10.9 Å². The molecule has 112 valence electrons. The van der Waals surface area contributed by atoms with Crippen LogP contribution in [0.3, 0.4) is 0 Å². The lowest BCUT2D eigenvalue weighted by Crippen LogP contribution is -2.25. The van der Waals surface area contributed by atoms with Crippen LogP contribution in [0.2, 0.25) is 0 Å². The van der Waals surface area contributed by atoms with Crippen LogP contribution in [0.4, 0.5) is 0 Å². The average molecular weight is 296 g/mol. The van der Waals surface area contributed by atoms with Gasteiger partial charge < -0.3 is 20.5 Å². The van der Waals surface area contributed by atoms with E-state index in [9.17, 15) is 15.0 Å². The number of hydrogen-bond acceptors (Lipinski definition) is 3. The van der Waals surface area contributed by atoms with Crippen LogP contribution in [0.5, 0.6) is 11.5 Å². The Balaban J connectivity index is 1.65. The third-order valence-electron chi connectivity index (χ3n) is 3.58. The van der Waals surface area contributed by atoms with Gasteiger partial charge in [0.1, 0.15) is 11.5 Å². The minimum Gasteiger partial charge on any atom is -0.508 e. The molecule has 0 unspecified atom stereocenters. The molecular weight excluding hydrogens is 280 g/mol. The van der Waals surface area contributed by atoms with Crippen LogP contribution in [-0.4, -0.2) is 27.6 Å². The van der Waals surface area contributed by atoms with Gasteiger partial charge in [-0.15, -0.1) is 0 Å². The summed E-state index contributed by atoms with van der Waals surface area (Å²) in [5, 5.41) is 22.9. The molecule has 0 radical (unpaired) electrons. The first kappa shape index (κ1) is 14.0. The molecule has 3 rings (SSSR count). The minimum absolute atomic E-state index is 0.0559. The van der Waals surface area contributed by atoms with E-state index in [-0.39, 0.29) is 17.1 Å². The molecule has 0 saturated carbocycles. The van der Waals surface area contributed by atoms with E-state index in [4.69, 9.17) is 0 Å². The molecule has 1 aromatic heterocycles. The molecule has 5 nitrogen and oxygen atoms in total. The minimum atomic E-state index is -0.409. The Bertz CT molecular complexity index is 824. The van der Waals surface area contributed by atoms with Crippen LogP contribution < -0.4 is 5.32 Å². The third-order valence-corrected chi connectivity index (χ3v) is 3.58. The second-order valence-electron chi connectivity index (χ2n) is 5.07. The maximum Gasteiger partial charge on any atom is 0.255 e. The predicted molar refractivity (Wildman–Crippen MR) is 84.1 cm³/mol. The number of aromatic amines is 1. The van der Waals surface area contributed by atoms with Gasteiger partial charge in [-0.25, -0.2) is 0 Å². The standard InChI is InChI=1S/C17H16N2O3/c20-12-5-6-16(21)14(9-12)17(22)18-8-7-11-10-19-15-4-2-1-3-13(11)15/h1-6,9-10,19-21H,7-8H2,(H,18,22). The number of aromatic nitrogens is 1. The van der Waals surface area contributed by atoms with Gasteiger partial charge in [-0.1, -0.05) is 18.2 Å². The van der Waals surface area contributed by atoms with Gasteiger partial charge in [-0.2, -0.15) is 0 Å². The van der Waals surface area contributed by atoms with Crippen LogP contribution in [0.15, 0.2) is 48.7 Å². The van der Waals surface area contributed by atoms with Gasteiger partial charge in [-0.05, 0) is 36.2 Å². The second-order valence-corrected chi connectivity index (χ2v) is 5.07. The van der Waals surface area contributed by atoms with E-state index >= 15 is 0 Å². The Labute approximate surface area is 127 Å². The fourth-order valence-electron chi connectivity index (χ4n) is 2.45. The van der Waals surface area contributed by atoms with Crippen LogP contribution >= 0.6 is 0 Å². The molecule has 0 aliphatic heterocycles. The molecule has 22 heavy (non-hydrogen) atoms. The number of rotatable bonds is 4. The van der Waals surface area contributed by atoms with Crippen LogP contribution in [0, 0.1) is 0 Å². The SMILES string of the molecule is O=C(NCCc1c[nH]c2ccccc12)c1cc(O)ccc1O. The molecule has 0 fully saturated rings. The fourth-order valence-corrected chi connectivity index (χ4v) is 2.45. The lowest BCUT2D eigenvalue weighted by atomic mass is 10.1. The first-order valence-electron chi connectivity index (χ1n) is 7.00. The topological polar surface area (TPSA) is 85.4 Å². The summed E-state index contributed by atoms with van der Waals surface area (Å²) in [4.78, 5) is 15.2. The maximum atomic E-state index is 12.0. The van der Waals surface area contributed by atoms with E-state index in [0.29, 0.717) is 13.0 Å². The van der Waals surface area contributed by atoms with Gasteiger partial charge in [0.25, 0.3) is 5.91 Å². The molecule has 0 aliphatic carbocycles. The molecule has 0 atom stereocenters. The number of phenolic OH excluding ortho intramolecular Hbond substituents is 2. The average Bonchev–Trinajstić information content (AvgIpc) is 2.93. The van der Waals surface area contributed by atoms with Gasteiger partial charge in [0.15, 0.2) is 0 Å². The van der Waals surface area contributed by atoms with Crippen molar-refractivity contribution in [1.29, 1.82) is 0 Å². The fraction of sp³-hybridized carbons (Fsp3) is 0.118. The highest BCUT2D eigenvalue weighted by Crippen LogP contribution is 2.22. The maximum absolute atomic E-state index is 12.0. The third kappa shape index (κ3) is 2.74. The van der Waals surface area contributed by atoms with Crippen molar-refractivity contribution < 1.29 is 15.0 Å². The zero-order valence-corrected chi connectivity index (χ0v) is 11.8. The van der Waals surface area contributed by atoms with Crippen molar-refractivity contribution in [3.8, 4) is 11.5 Å². The smallest absolute Gasteiger partial charge is 0.255 e. The summed E-state index contributed by atoms with van der Waals surface area (Å²) >= 11 is 0. The molecule has 0 bridgehead atoms. The first-order chi connectivity index (χ1) is 10.6. The normalized spacial score (nSPS) is 10.7. The van der Waals surface area contributed by atoms with E-state index < -0.39 is 5.91 Å². The van der Waals surface area contributed by atoms with Crippen molar-refractivity contribution in [3.05, 3.63) is 59.8 Å². The highest BCUT2D eigenvalue weighted by molar-refractivity contribution is 5.97. The molecule has 0 spiro atoms. The predicted octanol–water partition coefficient (Wildman–Crippen LogP) is 2.55. The van der Waals surface area contributed by atoms with Gasteiger partial charge in [0.2, 0.25) is 0 Å². The Kier molecular flexibility index (Phi) is 3.70. The monoisotopic (exact) mass is 296 g/mol. The van der Waals surface area contributed by atoms with Crippen molar-refractivity contribution in [2.24, 2.45) is 0 Å². The summed E-state index contributed by atoms with van der Waals surface area (Å²) in [6, 6.07) is 11.8. The quantitative estimate of drug-likeness (QED) is 0.558. The molecular formula is C17H16N2O3. The lowest BCUT2D eigenvalue weighted by Gasteiger charge is -2.07. The molecule has 2 aromatic carbocycles. The second kappa shape index (κ2) is 5.81. The summed E-state index contributed by atoms with van der Waals surface area (Å²) in [6.45, 7) is 0.440. The molecule has 1 heterocycles. The Hall–Kier alpha value is -2.95. The van der Waals surface area contributed by atoms with E-state index in [1.54, 1.807) is 0 Å². The van der Waals surface area contributed by atoms with Gasteiger partial charge in [-0.3, -0.25) is 4.79 Å². The van der Waals surface area contributed by atoms with Crippen molar-refractivity contribution in [3.63, 3.8) is 0 Å². The molecule has 3 aromatic rings. The van der Waals surface area contributed by atoms with Crippen LogP contribution in [-0.2, 0) is 6.42 Å². The number of aromatic hydroxyl groups is 2. The summed E-state index contributed by atoms with van der Waals surface area (Å²) in [5.74, 6) is -0.616. The number of hydrogen-bond donors (Lipinski definition) is 4. The Morgan fingerprint density at radius 2 is 1.95 bits per heavy atom. The van der Waals surface area contributed by atoms with Crippen molar-refractivity contribution in [2.75, 3.05) is 6.54 Å². The number of fused-ring (bicyclic) bond motifs is 1.